The summed E-state index contributed by atoms with van der Waals surface area (Å²) in [4.78, 5) is 26.1. The molecule has 1 aromatic carbocycles. The Labute approximate surface area is 152 Å². The van der Waals surface area contributed by atoms with Gasteiger partial charge in [0.1, 0.15) is 6.04 Å². The van der Waals surface area contributed by atoms with Gasteiger partial charge in [-0.2, -0.15) is 0 Å². The highest BCUT2D eigenvalue weighted by molar-refractivity contribution is 6.26. The van der Waals surface area contributed by atoms with E-state index in [0.717, 1.165) is 38.1 Å². The Morgan fingerprint density at radius 1 is 1.12 bits per heavy atom. The van der Waals surface area contributed by atoms with Gasteiger partial charge in [-0.15, -0.1) is 0 Å². The number of hydrogen-bond donors (Lipinski definition) is 0. The predicted octanol–water partition coefficient (Wildman–Crippen LogP) is -0.00158. The van der Waals surface area contributed by atoms with E-state index in [-0.39, 0.29) is 28.5 Å². The fourth-order valence-electron chi connectivity index (χ4n) is 3.65. The van der Waals surface area contributed by atoms with Crippen molar-refractivity contribution in [2.24, 2.45) is 0 Å². The van der Waals surface area contributed by atoms with Crippen molar-refractivity contribution in [2.75, 3.05) is 0 Å². The van der Waals surface area contributed by atoms with Crippen molar-refractivity contribution in [3.63, 3.8) is 0 Å². The number of halogens is 1. The largest absolute Gasteiger partial charge is 1.00 e. The third-order valence-corrected chi connectivity index (χ3v) is 4.97. The molecule has 0 radical (unpaired) electrons. The molecule has 0 amide bonds. The first-order valence-electron chi connectivity index (χ1n) is 8.48. The van der Waals surface area contributed by atoms with E-state index < -0.39 is 0 Å². The summed E-state index contributed by atoms with van der Waals surface area (Å²) in [5, 5.41) is 0. The quantitative estimate of drug-likeness (QED) is 0.590. The van der Waals surface area contributed by atoms with Crippen LogP contribution in [0.1, 0.15) is 76.6 Å². The third kappa shape index (κ3) is 2.37. The van der Waals surface area contributed by atoms with E-state index in [2.05, 4.69) is 16.1 Å². The number of unbranched alkanes of at least 4 members (excludes halogenated alkanes) is 1. The van der Waals surface area contributed by atoms with Crippen LogP contribution < -0.4 is 21.5 Å². The minimum atomic E-state index is -0.00574. The number of benzene rings is 1. The number of ketones is 2. The van der Waals surface area contributed by atoms with Crippen LogP contribution in [0.15, 0.2) is 24.3 Å². The molecule has 0 atom stereocenters. The first-order valence-corrected chi connectivity index (χ1v) is 8.48. The van der Waals surface area contributed by atoms with Crippen molar-refractivity contribution in [1.82, 2.24) is 4.57 Å². The molecule has 0 unspecified atom stereocenters. The second-order valence-corrected chi connectivity index (χ2v) is 6.55. The molecule has 24 heavy (non-hydrogen) atoms. The molecule has 1 aromatic heterocycles. The Kier molecular flexibility index (Phi) is 4.47. The standard InChI is InChI=1S/C19H21N2O2.BrH/c1-3-4-11-20-12(2)21(13-9-10-13)17-16(20)18(22)14-7-5-6-8-15(14)19(17)23;/h5-8,13H,3-4,9-11H2,1-2H3;1H/q+1;/p-1. The van der Waals surface area contributed by atoms with Crippen molar-refractivity contribution in [3.8, 4) is 0 Å². The van der Waals surface area contributed by atoms with E-state index in [4.69, 9.17) is 0 Å². The molecule has 1 heterocycles. The highest BCUT2D eigenvalue weighted by Gasteiger charge is 2.46. The molecule has 126 valence electrons. The van der Waals surface area contributed by atoms with E-state index in [1.165, 1.54) is 0 Å². The van der Waals surface area contributed by atoms with Crippen LogP contribution in [0.3, 0.4) is 0 Å². The van der Waals surface area contributed by atoms with Gasteiger partial charge in [-0.05, 0) is 19.3 Å². The lowest BCUT2D eigenvalue weighted by Gasteiger charge is -2.12. The molecule has 1 saturated carbocycles. The van der Waals surface area contributed by atoms with Crippen molar-refractivity contribution in [3.05, 3.63) is 52.6 Å². The predicted molar refractivity (Wildman–Crippen MR) is 85.9 cm³/mol. The zero-order chi connectivity index (χ0) is 16.1. The average Bonchev–Trinajstić information content (AvgIpc) is 3.35. The lowest BCUT2D eigenvalue weighted by Crippen LogP contribution is -3.00. The summed E-state index contributed by atoms with van der Waals surface area (Å²) in [5.74, 6) is 1.04. The van der Waals surface area contributed by atoms with E-state index in [1.807, 2.05) is 19.1 Å². The van der Waals surface area contributed by atoms with Gasteiger partial charge < -0.3 is 17.0 Å². The zero-order valence-electron chi connectivity index (χ0n) is 14.0. The maximum Gasteiger partial charge on any atom is 0.254 e. The molecular formula is C19H21BrN2O2. The van der Waals surface area contributed by atoms with Gasteiger partial charge in [0.05, 0.1) is 6.54 Å². The van der Waals surface area contributed by atoms with Gasteiger partial charge in [0.15, 0.2) is 0 Å². The van der Waals surface area contributed by atoms with Crippen LogP contribution in [0.2, 0.25) is 0 Å². The molecule has 4 nitrogen and oxygen atoms in total. The fraction of sp³-hybridized carbons (Fsp3) is 0.421. The Hall–Kier alpha value is -1.75. The van der Waals surface area contributed by atoms with Crippen LogP contribution in [0.25, 0.3) is 0 Å². The Balaban J connectivity index is 0.00000169. The highest BCUT2D eigenvalue weighted by Crippen LogP contribution is 2.39. The first kappa shape index (κ1) is 17.1. The van der Waals surface area contributed by atoms with Crippen molar-refractivity contribution in [1.29, 1.82) is 0 Å². The number of carbonyl (C=O) groups excluding carboxylic acids is 2. The molecule has 0 spiro atoms. The van der Waals surface area contributed by atoms with Gasteiger partial charge in [0.25, 0.3) is 5.82 Å². The third-order valence-electron chi connectivity index (χ3n) is 4.97. The second-order valence-electron chi connectivity index (χ2n) is 6.55. The lowest BCUT2D eigenvalue weighted by atomic mass is 9.90. The van der Waals surface area contributed by atoms with Crippen LogP contribution in [0.5, 0.6) is 0 Å². The zero-order valence-corrected chi connectivity index (χ0v) is 15.6. The van der Waals surface area contributed by atoms with Gasteiger partial charge in [-0.3, -0.25) is 9.59 Å². The van der Waals surface area contributed by atoms with Gasteiger partial charge >= 0.3 is 0 Å². The number of fused-ring (bicyclic) bond motifs is 2. The molecular weight excluding hydrogens is 368 g/mol. The molecule has 2 aliphatic carbocycles. The number of hydrogen-bond acceptors (Lipinski definition) is 2. The van der Waals surface area contributed by atoms with Crippen LogP contribution in [0, 0.1) is 6.92 Å². The maximum atomic E-state index is 13.1. The highest BCUT2D eigenvalue weighted by atomic mass is 79.9. The topological polar surface area (TPSA) is 43.0 Å². The number of nitrogens with zero attached hydrogens (tertiary/aromatic N) is 2. The minimum Gasteiger partial charge on any atom is -1.00 e. The average molecular weight is 389 g/mol. The molecule has 5 heteroatoms. The van der Waals surface area contributed by atoms with Crippen LogP contribution in [-0.2, 0) is 6.54 Å². The Morgan fingerprint density at radius 2 is 1.75 bits per heavy atom. The lowest BCUT2D eigenvalue weighted by molar-refractivity contribution is -0.704. The number of imidazole rings is 1. The summed E-state index contributed by atoms with van der Waals surface area (Å²) in [6.07, 6.45) is 4.27. The van der Waals surface area contributed by atoms with Crippen molar-refractivity contribution in [2.45, 2.75) is 52.1 Å². The van der Waals surface area contributed by atoms with Crippen LogP contribution >= 0.6 is 0 Å². The van der Waals surface area contributed by atoms with Gasteiger partial charge in [-0.1, -0.05) is 37.6 Å². The van der Waals surface area contributed by atoms with E-state index >= 15 is 0 Å². The monoisotopic (exact) mass is 388 g/mol. The summed E-state index contributed by atoms with van der Waals surface area (Å²) in [6.45, 7) is 4.98. The first-order chi connectivity index (χ1) is 11.1. The second kappa shape index (κ2) is 6.28. The van der Waals surface area contributed by atoms with Crippen molar-refractivity contribution >= 4 is 11.6 Å². The van der Waals surface area contributed by atoms with Gasteiger partial charge in [0.2, 0.25) is 23.0 Å². The Bertz CT molecular complexity index is 834. The smallest absolute Gasteiger partial charge is 0.254 e. The summed E-state index contributed by atoms with van der Waals surface area (Å²) >= 11 is 0. The van der Waals surface area contributed by atoms with Crippen molar-refractivity contribution < 1.29 is 31.1 Å². The fourth-order valence-corrected chi connectivity index (χ4v) is 3.65. The SMILES string of the molecule is CCCC[n+]1c2c(n(C3CC3)c1C)C(=O)c1ccccc1C2=O.[Br-]. The summed E-state index contributed by atoms with van der Waals surface area (Å²) in [6, 6.07) is 7.59. The number of aromatic nitrogens is 2. The molecule has 2 aromatic rings. The number of rotatable bonds is 4. The summed E-state index contributed by atoms with van der Waals surface area (Å²) < 4.78 is 4.20. The van der Waals surface area contributed by atoms with Gasteiger partial charge in [0, 0.05) is 18.1 Å². The summed E-state index contributed by atoms with van der Waals surface area (Å²) in [5.41, 5.74) is 2.31. The number of carbonyl (C=O) groups is 2. The van der Waals surface area contributed by atoms with Crippen LogP contribution in [0.4, 0.5) is 0 Å². The minimum absolute atomic E-state index is 0. The van der Waals surface area contributed by atoms with Crippen LogP contribution in [-0.4, -0.2) is 16.1 Å². The molecule has 0 N–H and O–H groups in total. The van der Waals surface area contributed by atoms with E-state index in [1.54, 1.807) is 12.1 Å². The molecule has 4 rings (SSSR count). The van der Waals surface area contributed by atoms with E-state index in [9.17, 15) is 9.59 Å². The molecule has 2 aliphatic rings. The molecule has 0 saturated heterocycles. The normalized spacial score (nSPS) is 15.8. The van der Waals surface area contributed by atoms with E-state index in [0.29, 0.717) is 28.6 Å². The molecule has 1 fully saturated rings. The molecule has 0 aliphatic heterocycles. The van der Waals surface area contributed by atoms with Gasteiger partial charge in [-0.25, -0.2) is 9.13 Å². The summed E-state index contributed by atoms with van der Waals surface area (Å²) in [7, 11) is 0. The Morgan fingerprint density at radius 3 is 2.33 bits per heavy atom. The maximum absolute atomic E-state index is 13.1. The molecule has 0 bridgehead atoms.